The Kier molecular flexibility index (Phi) is 4.91. The maximum atomic E-state index is 13.7. The molecule has 0 unspecified atom stereocenters. The van der Waals surface area contributed by atoms with E-state index in [1.54, 1.807) is 33.8 Å². The van der Waals surface area contributed by atoms with Gasteiger partial charge >= 0.3 is 12.1 Å². The molecule has 1 aromatic carbocycles. The highest BCUT2D eigenvalue weighted by Crippen LogP contribution is 2.37. The molecule has 0 aliphatic rings. The molecule has 0 bridgehead atoms. The SMILES string of the molecule is Cc1ccc(C(F)(F)F)c(-n2c(C(=O)OC(C)(C)C)cc3ccc(Cl)nc32)c1. The third-order valence-electron chi connectivity index (χ3n) is 3.92. The molecule has 4 nitrogen and oxygen atoms in total. The van der Waals surface area contributed by atoms with Crippen molar-refractivity contribution in [1.29, 1.82) is 0 Å². The molecular weight excluding hydrogens is 393 g/mol. The van der Waals surface area contributed by atoms with Crippen molar-refractivity contribution in [2.24, 2.45) is 0 Å². The maximum Gasteiger partial charge on any atom is 0.418 e. The van der Waals surface area contributed by atoms with Crippen molar-refractivity contribution in [3.63, 3.8) is 0 Å². The molecule has 0 aliphatic carbocycles. The number of aromatic nitrogens is 2. The second kappa shape index (κ2) is 6.81. The van der Waals surface area contributed by atoms with Gasteiger partial charge in [0, 0.05) is 5.39 Å². The fourth-order valence-corrected chi connectivity index (χ4v) is 2.99. The van der Waals surface area contributed by atoms with Crippen LogP contribution in [0.25, 0.3) is 16.7 Å². The number of pyridine rings is 1. The van der Waals surface area contributed by atoms with Crippen molar-refractivity contribution in [2.75, 3.05) is 0 Å². The summed E-state index contributed by atoms with van der Waals surface area (Å²) in [6.07, 6.45) is -4.62. The Labute approximate surface area is 164 Å². The zero-order valence-electron chi connectivity index (χ0n) is 15.7. The van der Waals surface area contributed by atoms with Crippen LogP contribution in [-0.4, -0.2) is 21.1 Å². The van der Waals surface area contributed by atoms with Crippen molar-refractivity contribution in [2.45, 2.75) is 39.5 Å². The molecule has 148 valence electrons. The summed E-state index contributed by atoms with van der Waals surface area (Å²) in [6.45, 7) is 6.71. The number of alkyl halides is 3. The zero-order chi connectivity index (χ0) is 20.9. The monoisotopic (exact) mass is 410 g/mol. The van der Waals surface area contributed by atoms with Crippen molar-refractivity contribution >= 4 is 28.6 Å². The van der Waals surface area contributed by atoms with E-state index in [0.717, 1.165) is 10.6 Å². The summed E-state index contributed by atoms with van der Waals surface area (Å²) in [5.41, 5.74) is -1.23. The minimum absolute atomic E-state index is 0.0595. The van der Waals surface area contributed by atoms with Gasteiger partial charge in [-0.2, -0.15) is 13.2 Å². The number of rotatable bonds is 2. The van der Waals surface area contributed by atoms with Crippen LogP contribution in [-0.2, 0) is 10.9 Å². The molecule has 0 aliphatic heterocycles. The Balaban J connectivity index is 2.37. The number of hydrogen-bond donors (Lipinski definition) is 0. The summed E-state index contributed by atoms with van der Waals surface area (Å²) in [4.78, 5) is 16.9. The zero-order valence-corrected chi connectivity index (χ0v) is 16.4. The number of hydrogen-bond acceptors (Lipinski definition) is 3. The van der Waals surface area contributed by atoms with E-state index < -0.39 is 23.3 Å². The smallest absolute Gasteiger partial charge is 0.418 e. The van der Waals surface area contributed by atoms with Crippen molar-refractivity contribution in [3.05, 3.63) is 58.4 Å². The molecule has 8 heteroatoms. The number of ether oxygens (including phenoxy) is 1. The molecule has 28 heavy (non-hydrogen) atoms. The predicted molar refractivity (Wildman–Crippen MR) is 101 cm³/mol. The molecule has 0 saturated carbocycles. The third-order valence-corrected chi connectivity index (χ3v) is 4.13. The second-order valence-electron chi connectivity index (χ2n) is 7.43. The lowest BCUT2D eigenvalue weighted by atomic mass is 10.1. The van der Waals surface area contributed by atoms with Crippen molar-refractivity contribution in [3.8, 4) is 5.69 Å². The lowest BCUT2D eigenvalue weighted by molar-refractivity contribution is -0.137. The molecular formula is C20H18ClF3N2O2. The summed E-state index contributed by atoms with van der Waals surface area (Å²) < 4.78 is 47.6. The molecule has 0 radical (unpaired) electrons. The Hall–Kier alpha value is -2.54. The summed E-state index contributed by atoms with van der Waals surface area (Å²) in [6, 6.07) is 8.27. The maximum absolute atomic E-state index is 13.7. The van der Waals surface area contributed by atoms with Crippen LogP contribution in [0.3, 0.4) is 0 Å². The molecule has 0 amide bonds. The number of carbonyl (C=O) groups excluding carboxylic acids is 1. The van der Waals surface area contributed by atoms with Gasteiger partial charge in [-0.25, -0.2) is 9.78 Å². The van der Waals surface area contributed by atoms with Crippen LogP contribution in [0.5, 0.6) is 0 Å². The first kappa shape index (κ1) is 20.2. The van der Waals surface area contributed by atoms with Crippen LogP contribution in [0.4, 0.5) is 13.2 Å². The first-order valence-corrected chi connectivity index (χ1v) is 8.84. The molecule has 2 heterocycles. The Bertz CT molecular complexity index is 1070. The number of aryl methyl sites for hydroxylation is 1. The number of carbonyl (C=O) groups is 1. The van der Waals surface area contributed by atoms with E-state index in [1.165, 1.54) is 24.3 Å². The van der Waals surface area contributed by atoms with E-state index in [0.29, 0.717) is 10.9 Å². The first-order chi connectivity index (χ1) is 12.9. The topological polar surface area (TPSA) is 44.1 Å². The highest BCUT2D eigenvalue weighted by atomic mass is 35.5. The van der Waals surface area contributed by atoms with Crippen molar-refractivity contribution in [1.82, 2.24) is 9.55 Å². The van der Waals surface area contributed by atoms with Gasteiger partial charge in [0.2, 0.25) is 0 Å². The normalized spacial score (nSPS) is 12.4. The lowest BCUT2D eigenvalue weighted by Gasteiger charge is -2.21. The average molecular weight is 411 g/mol. The number of esters is 1. The van der Waals surface area contributed by atoms with Gasteiger partial charge in [0.15, 0.2) is 0 Å². The molecule has 0 atom stereocenters. The van der Waals surface area contributed by atoms with E-state index in [9.17, 15) is 18.0 Å². The standard InChI is InChI=1S/C20H18ClF3N2O2/c1-11-5-7-13(20(22,23)24)14(9-11)26-15(18(27)28-19(2,3)4)10-12-6-8-16(21)25-17(12)26/h5-10H,1-4H3. The summed E-state index contributed by atoms with van der Waals surface area (Å²) in [5, 5.41) is 0.573. The minimum atomic E-state index is -4.62. The van der Waals surface area contributed by atoms with E-state index in [-0.39, 0.29) is 22.2 Å². The Morgan fingerprint density at radius 2 is 1.79 bits per heavy atom. The van der Waals surface area contributed by atoms with Crippen LogP contribution in [0.2, 0.25) is 5.15 Å². The molecule has 0 fully saturated rings. The fourth-order valence-electron chi connectivity index (χ4n) is 2.84. The first-order valence-electron chi connectivity index (χ1n) is 8.46. The number of halogens is 4. The van der Waals surface area contributed by atoms with Gasteiger partial charge in [-0.15, -0.1) is 0 Å². The third kappa shape index (κ3) is 3.99. The van der Waals surface area contributed by atoms with Crippen LogP contribution < -0.4 is 0 Å². The molecule has 0 saturated heterocycles. The predicted octanol–water partition coefficient (Wildman–Crippen LogP) is 5.96. The summed E-state index contributed by atoms with van der Waals surface area (Å²) in [5.74, 6) is -0.753. The molecule has 2 aromatic heterocycles. The van der Waals surface area contributed by atoms with Crippen LogP contribution in [0, 0.1) is 6.92 Å². The fraction of sp³-hybridized carbons (Fsp3) is 0.300. The van der Waals surface area contributed by atoms with Crippen molar-refractivity contribution < 1.29 is 22.7 Å². The molecule has 3 aromatic rings. The Morgan fingerprint density at radius 3 is 2.39 bits per heavy atom. The summed E-state index contributed by atoms with van der Waals surface area (Å²) >= 11 is 5.97. The lowest BCUT2D eigenvalue weighted by Crippen LogP contribution is -2.25. The molecule has 0 N–H and O–H groups in total. The van der Waals surface area contributed by atoms with E-state index in [1.807, 2.05) is 0 Å². The van der Waals surface area contributed by atoms with Gasteiger partial charge in [0.1, 0.15) is 22.1 Å². The quantitative estimate of drug-likeness (QED) is 0.386. The molecule has 3 rings (SSSR count). The van der Waals surface area contributed by atoms with Gasteiger partial charge in [-0.1, -0.05) is 17.7 Å². The minimum Gasteiger partial charge on any atom is -0.455 e. The van der Waals surface area contributed by atoms with Crippen LogP contribution >= 0.6 is 11.6 Å². The van der Waals surface area contributed by atoms with Gasteiger partial charge in [0.05, 0.1) is 11.3 Å². The van der Waals surface area contributed by atoms with E-state index >= 15 is 0 Å². The number of nitrogens with zero attached hydrogens (tertiary/aromatic N) is 2. The van der Waals surface area contributed by atoms with Gasteiger partial charge in [-0.05, 0) is 63.6 Å². The molecule has 0 spiro atoms. The largest absolute Gasteiger partial charge is 0.455 e. The van der Waals surface area contributed by atoms with Crippen LogP contribution in [0.15, 0.2) is 36.4 Å². The van der Waals surface area contributed by atoms with E-state index in [2.05, 4.69) is 4.98 Å². The van der Waals surface area contributed by atoms with E-state index in [4.69, 9.17) is 16.3 Å². The Morgan fingerprint density at radius 1 is 1.11 bits per heavy atom. The highest BCUT2D eigenvalue weighted by molar-refractivity contribution is 6.29. The number of fused-ring (bicyclic) bond motifs is 1. The number of benzene rings is 1. The summed E-state index contributed by atoms with van der Waals surface area (Å²) in [7, 11) is 0. The van der Waals surface area contributed by atoms with Crippen LogP contribution in [0.1, 0.15) is 42.4 Å². The van der Waals surface area contributed by atoms with Gasteiger partial charge in [-0.3, -0.25) is 4.57 Å². The second-order valence-corrected chi connectivity index (χ2v) is 7.82. The highest BCUT2D eigenvalue weighted by Gasteiger charge is 2.35. The average Bonchev–Trinajstić information content (AvgIpc) is 2.90. The van der Waals surface area contributed by atoms with Gasteiger partial charge in [0.25, 0.3) is 0 Å². The van der Waals surface area contributed by atoms with Gasteiger partial charge < -0.3 is 4.74 Å².